The van der Waals surface area contributed by atoms with Crippen LogP contribution >= 0.6 is 0 Å². The van der Waals surface area contributed by atoms with Crippen molar-refractivity contribution in [3.63, 3.8) is 0 Å². The van der Waals surface area contributed by atoms with E-state index in [2.05, 4.69) is 29.6 Å². The number of ether oxygens (including phenoxy) is 1. The van der Waals surface area contributed by atoms with Crippen LogP contribution < -0.4 is 5.32 Å². The van der Waals surface area contributed by atoms with Gasteiger partial charge in [-0.1, -0.05) is 55.0 Å². The standard InChI is InChI=1S/C21H21NO4/c23-20(24)17-10-5-11-19(17)22-21(25)26-12-18-15-8-3-1-6-13(15)14-7-2-4-9-16(14)18/h1-4,6-9,17-19H,5,10-12H2,(H,22,25)(H,23,24). The van der Waals surface area contributed by atoms with E-state index in [0.717, 1.165) is 17.5 Å². The van der Waals surface area contributed by atoms with E-state index in [9.17, 15) is 14.7 Å². The molecule has 0 radical (unpaired) electrons. The summed E-state index contributed by atoms with van der Waals surface area (Å²) in [5.74, 6) is -1.37. The Kier molecular flexibility index (Phi) is 4.37. The first-order chi connectivity index (χ1) is 12.6. The predicted octanol–water partition coefficient (Wildman–Crippen LogP) is 3.78. The third kappa shape index (κ3) is 2.94. The van der Waals surface area contributed by atoms with Gasteiger partial charge in [-0.2, -0.15) is 0 Å². The van der Waals surface area contributed by atoms with Crippen molar-refractivity contribution in [2.45, 2.75) is 31.2 Å². The summed E-state index contributed by atoms with van der Waals surface area (Å²) in [5.41, 5.74) is 4.68. The van der Waals surface area contributed by atoms with Gasteiger partial charge in [-0.25, -0.2) is 4.79 Å². The SMILES string of the molecule is O=C(NC1CCCC1C(=O)O)OCC1c2ccccc2-c2ccccc21. The van der Waals surface area contributed by atoms with Crippen molar-refractivity contribution in [2.75, 3.05) is 6.61 Å². The summed E-state index contributed by atoms with van der Waals surface area (Å²) in [6.07, 6.45) is 1.56. The Labute approximate surface area is 152 Å². The summed E-state index contributed by atoms with van der Waals surface area (Å²) in [6.45, 7) is 0.240. The molecule has 0 bridgehead atoms. The molecule has 2 atom stereocenters. The summed E-state index contributed by atoms with van der Waals surface area (Å²) in [5, 5.41) is 12.0. The number of amides is 1. The number of carboxylic acids is 1. The van der Waals surface area contributed by atoms with Gasteiger partial charge in [0.2, 0.25) is 0 Å². The lowest BCUT2D eigenvalue weighted by Crippen LogP contribution is -2.40. The molecule has 0 aliphatic heterocycles. The molecule has 2 aliphatic rings. The number of carbonyl (C=O) groups is 2. The number of rotatable bonds is 4. The zero-order valence-electron chi connectivity index (χ0n) is 14.4. The van der Waals surface area contributed by atoms with E-state index in [-0.39, 0.29) is 18.6 Å². The molecule has 2 aromatic rings. The second-order valence-electron chi connectivity index (χ2n) is 6.95. The summed E-state index contributed by atoms with van der Waals surface area (Å²) in [4.78, 5) is 23.5. The van der Waals surface area contributed by atoms with Gasteiger partial charge in [0.15, 0.2) is 0 Å². The molecule has 0 aromatic heterocycles. The van der Waals surface area contributed by atoms with Crippen LogP contribution in [0.25, 0.3) is 11.1 Å². The lowest BCUT2D eigenvalue weighted by atomic mass is 9.98. The van der Waals surface area contributed by atoms with Gasteiger partial charge in [0.1, 0.15) is 6.61 Å². The summed E-state index contributed by atoms with van der Waals surface area (Å²) < 4.78 is 5.49. The van der Waals surface area contributed by atoms with Gasteiger partial charge in [-0.15, -0.1) is 0 Å². The number of fused-ring (bicyclic) bond motifs is 3. The monoisotopic (exact) mass is 351 g/mol. The van der Waals surface area contributed by atoms with Crippen LogP contribution in [0, 0.1) is 5.92 Å². The Bertz CT molecular complexity index is 802. The van der Waals surface area contributed by atoms with Crippen LogP contribution in [0.2, 0.25) is 0 Å². The van der Waals surface area contributed by atoms with E-state index in [0.29, 0.717) is 12.8 Å². The van der Waals surface area contributed by atoms with Gasteiger partial charge in [-0.3, -0.25) is 4.79 Å². The molecule has 0 saturated heterocycles. The van der Waals surface area contributed by atoms with Crippen molar-refractivity contribution in [3.8, 4) is 11.1 Å². The average molecular weight is 351 g/mol. The maximum Gasteiger partial charge on any atom is 0.407 e. The first kappa shape index (κ1) is 16.6. The highest BCUT2D eigenvalue weighted by Gasteiger charge is 2.35. The molecule has 4 rings (SSSR count). The zero-order valence-corrected chi connectivity index (χ0v) is 14.4. The van der Waals surface area contributed by atoms with E-state index in [4.69, 9.17) is 4.74 Å². The molecule has 0 heterocycles. The fourth-order valence-corrected chi connectivity index (χ4v) is 4.22. The van der Waals surface area contributed by atoms with Crippen LogP contribution in [0.5, 0.6) is 0 Å². The molecule has 5 heteroatoms. The average Bonchev–Trinajstić information content (AvgIpc) is 3.23. The van der Waals surface area contributed by atoms with Gasteiger partial charge in [0.05, 0.1) is 5.92 Å². The molecular weight excluding hydrogens is 330 g/mol. The van der Waals surface area contributed by atoms with Crippen molar-refractivity contribution in [2.24, 2.45) is 5.92 Å². The maximum absolute atomic E-state index is 12.2. The van der Waals surface area contributed by atoms with E-state index in [1.807, 2.05) is 24.3 Å². The smallest absolute Gasteiger partial charge is 0.407 e. The first-order valence-electron chi connectivity index (χ1n) is 8.99. The molecule has 1 saturated carbocycles. The molecule has 2 aliphatic carbocycles. The van der Waals surface area contributed by atoms with Gasteiger partial charge in [0.25, 0.3) is 0 Å². The van der Waals surface area contributed by atoms with E-state index >= 15 is 0 Å². The Hall–Kier alpha value is -2.82. The minimum absolute atomic E-state index is 0.00648. The van der Waals surface area contributed by atoms with Crippen molar-refractivity contribution >= 4 is 12.1 Å². The van der Waals surface area contributed by atoms with Gasteiger partial charge >= 0.3 is 12.1 Å². The Morgan fingerprint density at radius 3 is 2.23 bits per heavy atom. The molecule has 1 fully saturated rings. The minimum atomic E-state index is -0.855. The molecule has 1 amide bonds. The van der Waals surface area contributed by atoms with Crippen LogP contribution in [0.1, 0.15) is 36.3 Å². The van der Waals surface area contributed by atoms with Crippen LogP contribution in [0.4, 0.5) is 4.79 Å². The number of aliphatic carboxylic acids is 1. The number of hydrogen-bond acceptors (Lipinski definition) is 3. The lowest BCUT2D eigenvalue weighted by Gasteiger charge is -2.19. The predicted molar refractivity (Wildman–Crippen MR) is 97.0 cm³/mol. The molecule has 26 heavy (non-hydrogen) atoms. The van der Waals surface area contributed by atoms with E-state index < -0.39 is 18.0 Å². The Morgan fingerprint density at radius 1 is 1.00 bits per heavy atom. The van der Waals surface area contributed by atoms with Crippen molar-refractivity contribution in [1.82, 2.24) is 5.32 Å². The quantitative estimate of drug-likeness (QED) is 0.879. The van der Waals surface area contributed by atoms with Crippen molar-refractivity contribution in [3.05, 3.63) is 59.7 Å². The van der Waals surface area contributed by atoms with E-state index in [1.54, 1.807) is 0 Å². The fraction of sp³-hybridized carbons (Fsp3) is 0.333. The zero-order chi connectivity index (χ0) is 18.1. The highest BCUT2D eigenvalue weighted by molar-refractivity contribution is 5.79. The second-order valence-corrected chi connectivity index (χ2v) is 6.95. The first-order valence-corrected chi connectivity index (χ1v) is 8.99. The number of carbonyl (C=O) groups excluding carboxylic acids is 1. The fourth-order valence-electron chi connectivity index (χ4n) is 4.22. The second kappa shape index (κ2) is 6.83. The number of alkyl carbamates (subject to hydrolysis) is 1. The van der Waals surface area contributed by atoms with Crippen molar-refractivity contribution in [1.29, 1.82) is 0 Å². The number of nitrogens with one attached hydrogen (secondary N) is 1. The number of hydrogen-bond donors (Lipinski definition) is 2. The molecule has 5 nitrogen and oxygen atoms in total. The van der Waals surface area contributed by atoms with Crippen LogP contribution in [-0.4, -0.2) is 29.8 Å². The molecular formula is C21H21NO4. The van der Waals surface area contributed by atoms with Gasteiger partial charge < -0.3 is 15.2 Å². The van der Waals surface area contributed by atoms with Crippen molar-refractivity contribution < 1.29 is 19.4 Å². The summed E-state index contributed by atoms with van der Waals surface area (Å²) >= 11 is 0. The van der Waals surface area contributed by atoms with Crippen LogP contribution in [-0.2, 0) is 9.53 Å². The molecule has 2 N–H and O–H groups in total. The molecule has 2 unspecified atom stereocenters. The minimum Gasteiger partial charge on any atom is -0.481 e. The maximum atomic E-state index is 12.2. The van der Waals surface area contributed by atoms with E-state index in [1.165, 1.54) is 11.1 Å². The molecule has 2 aromatic carbocycles. The van der Waals surface area contributed by atoms with Crippen LogP contribution in [0.3, 0.4) is 0 Å². The highest BCUT2D eigenvalue weighted by Crippen LogP contribution is 2.44. The van der Waals surface area contributed by atoms with Crippen LogP contribution in [0.15, 0.2) is 48.5 Å². The lowest BCUT2D eigenvalue weighted by molar-refractivity contribution is -0.142. The number of benzene rings is 2. The topological polar surface area (TPSA) is 75.6 Å². The van der Waals surface area contributed by atoms with Gasteiger partial charge in [-0.05, 0) is 35.1 Å². The Morgan fingerprint density at radius 2 is 1.62 bits per heavy atom. The van der Waals surface area contributed by atoms with Gasteiger partial charge in [0, 0.05) is 12.0 Å². The summed E-state index contributed by atoms with van der Waals surface area (Å²) in [7, 11) is 0. The highest BCUT2D eigenvalue weighted by atomic mass is 16.5. The Balaban J connectivity index is 1.45. The third-order valence-corrected chi connectivity index (χ3v) is 5.48. The molecule has 134 valence electrons. The largest absolute Gasteiger partial charge is 0.481 e. The normalized spacial score (nSPS) is 21.1. The number of carboxylic acid groups (broad SMARTS) is 1. The summed E-state index contributed by atoms with van der Waals surface area (Å²) in [6, 6.07) is 16.0. The molecule has 0 spiro atoms. The third-order valence-electron chi connectivity index (χ3n) is 5.48.